The third kappa shape index (κ3) is 5.93. The summed E-state index contributed by atoms with van der Waals surface area (Å²) in [7, 11) is 0. The first-order chi connectivity index (χ1) is 10.6. The molecule has 0 radical (unpaired) electrons. The number of nitrogens with one attached hydrogen (secondary N) is 1. The van der Waals surface area contributed by atoms with Gasteiger partial charge in [-0.15, -0.1) is 0 Å². The van der Waals surface area contributed by atoms with Crippen LogP contribution in [0.1, 0.15) is 40.2 Å². The van der Waals surface area contributed by atoms with Gasteiger partial charge in [-0.05, 0) is 32.3 Å². The first kappa shape index (κ1) is 19.0. The van der Waals surface area contributed by atoms with Crippen LogP contribution in [-0.2, 0) is 11.2 Å². The summed E-state index contributed by atoms with van der Waals surface area (Å²) < 4.78 is 0. The molecule has 0 aliphatic heterocycles. The zero-order valence-electron chi connectivity index (χ0n) is 14.7. The lowest BCUT2D eigenvalue weighted by Gasteiger charge is -2.41. The molecule has 0 aromatic heterocycles. The molecule has 0 saturated carbocycles. The van der Waals surface area contributed by atoms with Gasteiger partial charge >= 0.3 is 6.09 Å². The minimum atomic E-state index is -0.964. The maximum Gasteiger partial charge on any atom is 0.408 e. The van der Waals surface area contributed by atoms with Gasteiger partial charge in [-0.2, -0.15) is 0 Å². The zero-order chi connectivity index (χ0) is 17.6. The Labute approximate surface area is 138 Å². The molecule has 1 atom stereocenters. The van der Waals surface area contributed by atoms with E-state index in [2.05, 4.69) is 5.32 Å². The van der Waals surface area contributed by atoms with Crippen molar-refractivity contribution in [2.24, 2.45) is 5.92 Å². The first-order valence-electron chi connectivity index (χ1n) is 7.95. The fraction of sp³-hybridized carbons (Fsp3) is 0.556. The maximum absolute atomic E-state index is 12.1. The Morgan fingerprint density at radius 1 is 1.17 bits per heavy atom. The average Bonchev–Trinajstić information content (AvgIpc) is 2.42. The van der Waals surface area contributed by atoms with Crippen LogP contribution in [0.4, 0.5) is 4.79 Å². The smallest absolute Gasteiger partial charge is 0.408 e. The van der Waals surface area contributed by atoms with Gasteiger partial charge in [0.2, 0.25) is 5.91 Å². The van der Waals surface area contributed by atoms with Gasteiger partial charge in [0.25, 0.3) is 0 Å². The lowest BCUT2D eigenvalue weighted by atomic mass is 9.96. The summed E-state index contributed by atoms with van der Waals surface area (Å²) in [6, 6.07) is 9.23. The Hall–Kier alpha value is -2.04. The van der Waals surface area contributed by atoms with Crippen molar-refractivity contribution in [3.05, 3.63) is 35.9 Å². The predicted octanol–water partition coefficient (Wildman–Crippen LogP) is 3.15. The molecule has 2 amide bonds. The Kier molecular flexibility index (Phi) is 6.61. The monoisotopic (exact) mass is 320 g/mol. The summed E-state index contributed by atoms with van der Waals surface area (Å²) >= 11 is 0. The number of hydrogen-bond acceptors (Lipinski definition) is 2. The van der Waals surface area contributed by atoms with Crippen molar-refractivity contribution in [3.63, 3.8) is 0 Å². The Balaban J connectivity index is 2.73. The van der Waals surface area contributed by atoms with Gasteiger partial charge in [-0.1, -0.05) is 44.2 Å². The van der Waals surface area contributed by atoms with Crippen molar-refractivity contribution in [2.75, 3.05) is 6.54 Å². The Morgan fingerprint density at radius 2 is 1.74 bits per heavy atom. The van der Waals surface area contributed by atoms with Crippen LogP contribution in [0, 0.1) is 5.92 Å². The number of carbonyl (C=O) groups is 2. The fourth-order valence-electron chi connectivity index (χ4n) is 2.61. The van der Waals surface area contributed by atoms with Crippen LogP contribution < -0.4 is 5.32 Å². The summed E-state index contributed by atoms with van der Waals surface area (Å²) in [6.07, 6.45) is -0.664. The van der Waals surface area contributed by atoms with Crippen molar-refractivity contribution in [3.8, 4) is 0 Å². The molecular weight excluding hydrogens is 292 g/mol. The van der Waals surface area contributed by atoms with Gasteiger partial charge in [0.15, 0.2) is 0 Å². The number of carboxylic acid groups (broad SMARTS) is 1. The van der Waals surface area contributed by atoms with Gasteiger partial charge in [0, 0.05) is 12.1 Å². The fourth-order valence-corrected chi connectivity index (χ4v) is 2.61. The first-order valence-corrected chi connectivity index (χ1v) is 7.95. The molecule has 1 aromatic carbocycles. The third-order valence-corrected chi connectivity index (χ3v) is 3.75. The molecule has 0 aliphatic carbocycles. The SMILES string of the molecule is CC(C)[C@H](CNC(=O)Cc1ccccc1)N(C(=O)O)C(C)(C)C. The molecule has 5 heteroatoms. The lowest BCUT2D eigenvalue weighted by Crippen LogP contribution is -2.56. The van der Waals surface area contributed by atoms with Crippen LogP contribution in [0.2, 0.25) is 0 Å². The molecular formula is C18H28N2O3. The molecule has 0 unspecified atom stereocenters. The summed E-state index contributed by atoms with van der Waals surface area (Å²) in [5.41, 5.74) is 0.419. The van der Waals surface area contributed by atoms with Gasteiger partial charge < -0.3 is 10.4 Å². The highest BCUT2D eigenvalue weighted by molar-refractivity contribution is 5.78. The van der Waals surface area contributed by atoms with Gasteiger partial charge in [0.1, 0.15) is 0 Å². The Bertz CT molecular complexity index is 521. The molecule has 2 N–H and O–H groups in total. The van der Waals surface area contributed by atoms with E-state index in [1.807, 2.05) is 65.0 Å². The second kappa shape index (κ2) is 7.99. The minimum absolute atomic E-state index is 0.0962. The maximum atomic E-state index is 12.1. The number of nitrogens with zero attached hydrogens (tertiary/aromatic N) is 1. The highest BCUT2D eigenvalue weighted by Crippen LogP contribution is 2.21. The van der Waals surface area contributed by atoms with E-state index in [-0.39, 0.29) is 17.9 Å². The van der Waals surface area contributed by atoms with Crippen molar-refractivity contribution < 1.29 is 14.7 Å². The highest BCUT2D eigenvalue weighted by atomic mass is 16.4. The van der Waals surface area contributed by atoms with E-state index in [1.54, 1.807) is 0 Å². The topological polar surface area (TPSA) is 69.6 Å². The highest BCUT2D eigenvalue weighted by Gasteiger charge is 2.34. The van der Waals surface area contributed by atoms with E-state index in [4.69, 9.17) is 0 Å². The van der Waals surface area contributed by atoms with Crippen LogP contribution in [0.25, 0.3) is 0 Å². The normalized spacial score (nSPS) is 12.8. The molecule has 1 aromatic rings. The van der Waals surface area contributed by atoms with E-state index < -0.39 is 11.6 Å². The molecule has 128 valence electrons. The van der Waals surface area contributed by atoms with Crippen LogP contribution in [-0.4, -0.2) is 40.1 Å². The largest absolute Gasteiger partial charge is 0.465 e. The second-order valence-corrected chi connectivity index (χ2v) is 7.10. The van der Waals surface area contributed by atoms with Crippen LogP contribution >= 0.6 is 0 Å². The number of hydrogen-bond donors (Lipinski definition) is 2. The second-order valence-electron chi connectivity index (χ2n) is 7.10. The van der Waals surface area contributed by atoms with Crippen molar-refractivity contribution in [2.45, 2.75) is 52.6 Å². The van der Waals surface area contributed by atoms with E-state index in [1.165, 1.54) is 4.90 Å². The molecule has 0 saturated heterocycles. The quantitative estimate of drug-likeness (QED) is 0.846. The molecule has 0 heterocycles. The molecule has 0 fully saturated rings. The van der Waals surface area contributed by atoms with E-state index in [9.17, 15) is 14.7 Å². The van der Waals surface area contributed by atoms with E-state index in [0.717, 1.165) is 5.56 Å². The van der Waals surface area contributed by atoms with E-state index >= 15 is 0 Å². The molecule has 0 aliphatic rings. The predicted molar refractivity (Wildman–Crippen MR) is 91.4 cm³/mol. The summed E-state index contributed by atoms with van der Waals surface area (Å²) in [5.74, 6) is 0.00319. The molecule has 23 heavy (non-hydrogen) atoms. The zero-order valence-corrected chi connectivity index (χ0v) is 14.7. The minimum Gasteiger partial charge on any atom is -0.465 e. The van der Waals surface area contributed by atoms with Gasteiger partial charge in [-0.25, -0.2) is 4.79 Å². The number of benzene rings is 1. The average molecular weight is 320 g/mol. The number of rotatable bonds is 6. The molecule has 0 spiro atoms. The van der Waals surface area contributed by atoms with Crippen molar-refractivity contribution in [1.82, 2.24) is 10.2 Å². The summed E-state index contributed by atoms with van der Waals surface area (Å²) in [5, 5.41) is 12.4. The summed E-state index contributed by atoms with van der Waals surface area (Å²) in [6.45, 7) is 9.84. The third-order valence-electron chi connectivity index (χ3n) is 3.75. The standard InChI is InChI=1S/C18H28N2O3/c1-13(2)15(20(17(22)23)18(3,4)5)12-19-16(21)11-14-9-7-6-8-10-14/h6-10,13,15H,11-12H2,1-5H3,(H,19,21)(H,22,23)/t15-/m0/s1. The van der Waals surface area contributed by atoms with Gasteiger partial charge in [-0.3, -0.25) is 9.69 Å². The van der Waals surface area contributed by atoms with Gasteiger partial charge in [0.05, 0.1) is 12.5 Å². The van der Waals surface area contributed by atoms with Crippen LogP contribution in [0.3, 0.4) is 0 Å². The van der Waals surface area contributed by atoms with Crippen LogP contribution in [0.5, 0.6) is 0 Å². The molecule has 0 bridgehead atoms. The molecule has 5 nitrogen and oxygen atoms in total. The van der Waals surface area contributed by atoms with Crippen LogP contribution in [0.15, 0.2) is 30.3 Å². The molecule has 1 rings (SSSR count). The summed E-state index contributed by atoms with van der Waals surface area (Å²) in [4.78, 5) is 25.2. The Morgan fingerprint density at radius 3 is 2.17 bits per heavy atom. The lowest BCUT2D eigenvalue weighted by molar-refractivity contribution is -0.120. The number of amides is 2. The van der Waals surface area contributed by atoms with Crippen molar-refractivity contribution in [1.29, 1.82) is 0 Å². The number of carbonyl (C=O) groups excluding carboxylic acids is 1. The van der Waals surface area contributed by atoms with E-state index in [0.29, 0.717) is 13.0 Å². The van der Waals surface area contributed by atoms with Crippen molar-refractivity contribution >= 4 is 12.0 Å².